The summed E-state index contributed by atoms with van der Waals surface area (Å²) < 4.78 is 5.56. The van der Waals surface area contributed by atoms with Crippen molar-refractivity contribution in [3.63, 3.8) is 0 Å². The number of aliphatic carboxylic acids is 1. The summed E-state index contributed by atoms with van der Waals surface area (Å²) in [6, 6.07) is 12.0. The predicted molar refractivity (Wildman–Crippen MR) is 164 cm³/mol. The summed E-state index contributed by atoms with van der Waals surface area (Å²) in [6.07, 6.45) is 2.77. The molecule has 4 rings (SSSR count). The number of rotatable bonds is 15. The zero-order chi connectivity index (χ0) is 31.3. The van der Waals surface area contributed by atoms with Crippen molar-refractivity contribution >= 4 is 35.2 Å². The average Bonchev–Trinajstić information content (AvgIpc) is 3.75. The number of methoxy groups -OCH3 is 1. The molecule has 2 atom stereocenters. The number of hydrogen-bond donors (Lipinski definition) is 4. The van der Waals surface area contributed by atoms with Gasteiger partial charge in [-0.05, 0) is 69.4 Å². The molecule has 11 nitrogen and oxygen atoms in total. The number of carbonyl (C=O) groups is 4. The average molecular weight is 594 g/mol. The van der Waals surface area contributed by atoms with Crippen molar-refractivity contribution < 1.29 is 29.0 Å². The van der Waals surface area contributed by atoms with Crippen LogP contribution in [0.4, 0.5) is 16.2 Å². The van der Waals surface area contributed by atoms with Gasteiger partial charge in [0.2, 0.25) is 5.91 Å². The maximum absolute atomic E-state index is 13.8. The Morgan fingerprint density at radius 1 is 1.12 bits per heavy atom. The Balaban J connectivity index is 1.44. The van der Waals surface area contributed by atoms with E-state index < -0.39 is 11.5 Å². The molecule has 0 bridgehead atoms. The number of aryl methyl sites for hydroxylation is 1. The molecule has 0 radical (unpaired) electrons. The molecule has 0 aromatic heterocycles. The van der Waals surface area contributed by atoms with E-state index in [9.17, 15) is 19.2 Å². The number of ether oxygens (including phenoxy) is 1. The van der Waals surface area contributed by atoms with Crippen molar-refractivity contribution in [1.29, 1.82) is 0 Å². The van der Waals surface area contributed by atoms with Crippen molar-refractivity contribution in [3.8, 4) is 5.75 Å². The molecule has 2 aliphatic rings. The van der Waals surface area contributed by atoms with Gasteiger partial charge in [-0.25, -0.2) is 4.79 Å². The number of hydrogen-bond acceptors (Lipinski definition) is 7. The Morgan fingerprint density at radius 2 is 1.84 bits per heavy atom. The molecule has 0 unspecified atom stereocenters. The zero-order valence-electron chi connectivity index (χ0n) is 25.6. The summed E-state index contributed by atoms with van der Waals surface area (Å²) in [4.78, 5) is 54.2. The number of amides is 4. The van der Waals surface area contributed by atoms with Gasteiger partial charge in [0.15, 0.2) is 0 Å². The van der Waals surface area contributed by atoms with Gasteiger partial charge in [-0.15, -0.1) is 0 Å². The van der Waals surface area contributed by atoms with E-state index in [-0.39, 0.29) is 49.4 Å². The van der Waals surface area contributed by atoms with Crippen LogP contribution >= 0.6 is 0 Å². The van der Waals surface area contributed by atoms with Gasteiger partial charge in [-0.3, -0.25) is 19.3 Å². The number of nitrogens with zero attached hydrogens (tertiary/aromatic N) is 2. The van der Waals surface area contributed by atoms with E-state index in [0.717, 1.165) is 29.7 Å². The van der Waals surface area contributed by atoms with Crippen LogP contribution in [0.3, 0.4) is 0 Å². The molecule has 43 heavy (non-hydrogen) atoms. The molecule has 1 saturated heterocycles. The van der Waals surface area contributed by atoms with Crippen LogP contribution < -0.4 is 20.7 Å². The summed E-state index contributed by atoms with van der Waals surface area (Å²) in [5.74, 6) is -0.512. The summed E-state index contributed by atoms with van der Waals surface area (Å²) in [5, 5.41) is 18.3. The van der Waals surface area contributed by atoms with Gasteiger partial charge in [-0.1, -0.05) is 37.1 Å². The van der Waals surface area contributed by atoms with Crippen LogP contribution in [0.5, 0.6) is 5.75 Å². The quantitative estimate of drug-likeness (QED) is 0.225. The van der Waals surface area contributed by atoms with Crippen molar-refractivity contribution in [2.24, 2.45) is 5.92 Å². The summed E-state index contributed by atoms with van der Waals surface area (Å²) in [7, 11) is 1.51. The molecule has 2 aromatic carbocycles. The number of carbonyl (C=O) groups excluding carboxylic acids is 3. The SMILES string of the molecule is COc1cc(CN2C(=O)N([C@H](CN[C@H](C)CC(=O)O)CC3CC3)C(=O)C2(C)C)ccc1NC(=O)CNc1ccccc1C. The van der Waals surface area contributed by atoms with Crippen LogP contribution in [-0.4, -0.2) is 76.5 Å². The Bertz CT molecular complexity index is 1360. The van der Waals surface area contributed by atoms with Crippen LogP contribution in [0, 0.1) is 12.8 Å². The smallest absolute Gasteiger partial charge is 0.328 e. The number of carboxylic acid groups (broad SMARTS) is 1. The number of benzene rings is 2. The molecular weight excluding hydrogens is 550 g/mol. The lowest BCUT2D eigenvalue weighted by molar-refractivity contribution is -0.137. The lowest BCUT2D eigenvalue weighted by atomic mass is 10.0. The van der Waals surface area contributed by atoms with Gasteiger partial charge < -0.3 is 30.7 Å². The van der Waals surface area contributed by atoms with Crippen LogP contribution in [-0.2, 0) is 20.9 Å². The van der Waals surface area contributed by atoms with Crippen LogP contribution in [0.25, 0.3) is 0 Å². The molecule has 1 aliphatic heterocycles. The van der Waals surface area contributed by atoms with Crippen LogP contribution in [0.15, 0.2) is 42.5 Å². The minimum absolute atomic E-state index is 0.0445. The summed E-state index contributed by atoms with van der Waals surface area (Å²) in [5.41, 5.74) is 2.09. The van der Waals surface area contributed by atoms with E-state index in [2.05, 4.69) is 16.0 Å². The highest BCUT2D eigenvalue weighted by molar-refractivity contribution is 6.06. The minimum atomic E-state index is -1.08. The second kappa shape index (κ2) is 13.5. The van der Waals surface area contributed by atoms with Crippen molar-refractivity contribution in [2.75, 3.05) is 30.8 Å². The molecule has 232 valence electrons. The lowest BCUT2D eigenvalue weighted by Crippen LogP contribution is -2.49. The Kier molecular flexibility index (Phi) is 9.95. The topological polar surface area (TPSA) is 140 Å². The number of carboxylic acids is 1. The van der Waals surface area contributed by atoms with E-state index in [1.165, 1.54) is 12.0 Å². The second-order valence-corrected chi connectivity index (χ2v) is 12.1. The first-order valence-corrected chi connectivity index (χ1v) is 14.8. The summed E-state index contributed by atoms with van der Waals surface area (Å²) in [6.45, 7) is 7.83. The molecule has 1 saturated carbocycles. The van der Waals surface area contributed by atoms with E-state index >= 15 is 0 Å². The van der Waals surface area contributed by atoms with Crippen molar-refractivity contribution in [3.05, 3.63) is 53.6 Å². The fraction of sp³-hybridized carbons (Fsp3) is 0.500. The first-order chi connectivity index (χ1) is 20.4. The first kappa shape index (κ1) is 31.8. The summed E-state index contributed by atoms with van der Waals surface area (Å²) >= 11 is 0. The van der Waals surface area contributed by atoms with Gasteiger partial charge in [0.1, 0.15) is 11.3 Å². The Labute approximate surface area is 252 Å². The lowest BCUT2D eigenvalue weighted by Gasteiger charge is -2.28. The van der Waals surface area contributed by atoms with Gasteiger partial charge >= 0.3 is 12.0 Å². The number of imide groups is 1. The molecule has 1 aliphatic carbocycles. The third kappa shape index (κ3) is 7.84. The second-order valence-electron chi connectivity index (χ2n) is 12.1. The fourth-order valence-electron chi connectivity index (χ4n) is 5.40. The van der Waals surface area contributed by atoms with Gasteiger partial charge in [0.05, 0.1) is 31.8 Å². The highest BCUT2D eigenvalue weighted by Crippen LogP contribution is 2.38. The number of para-hydroxylation sites is 1. The number of urea groups is 1. The Hall–Kier alpha value is -4.12. The molecule has 4 N–H and O–H groups in total. The first-order valence-electron chi connectivity index (χ1n) is 14.8. The van der Waals surface area contributed by atoms with E-state index in [4.69, 9.17) is 9.84 Å². The number of anilines is 2. The fourth-order valence-corrected chi connectivity index (χ4v) is 5.40. The molecule has 0 spiro atoms. The predicted octanol–water partition coefficient (Wildman–Crippen LogP) is 4.22. The monoisotopic (exact) mass is 593 g/mol. The van der Waals surface area contributed by atoms with Crippen molar-refractivity contribution in [2.45, 2.75) is 77.5 Å². The largest absolute Gasteiger partial charge is 0.495 e. The molecule has 2 fully saturated rings. The van der Waals surface area contributed by atoms with Crippen LogP contribution in [0.1, 0.15) is 57.6 Å². The van der Waals surface area contributed by atoms with Gasteiger partial charge in [0.25, 0.3) is 5.91 Å². The number of nitrogens with one attached hydrogen (secondary N) is 3. The highest BCUT2D eigenvalue weighted by Gasteiger charge is 2.53. The Morgan fingerprint density at radius 3 is 2.49 bits per heavy atom. The third-order valence-corrected chi connectivity index (χ3v) is 8.17. The highest BCUT2D eigenvalue weighted by atomic mass is 16.5. The standard InChI is InChI=1S/C32H43N5O6/c1-20-8-6-7-9-25(20)34-18-28(38)35-26-13-12-23(16-27(26)43-5)19-36-31(42)37(30(41)32(36,3)4)24(15-22-10-11-22)17-33-21(2)14-29(39)40/h6-9,12-13,16,21-22,24,33-34H,10-11,14-15,17-19H2,1-5H3,(H,35,38)(H,39,40)/t21-,24+/m1/s1. The van der Waals surface area contributed by atoms with E-state index in [1.54, 1.807) is 43.9 Å². The molecular formula is C32H43N5O6. The van der Waals surface area contributed by atoms with Crippen LogP contribution in [0.2, 0.25) is 0 Å². The maximum atomic E-state index is 13.8. The van der Waals surface area contributed by atoms with Gasteiger partial charge in [-0.2, -0.15) is 0 Å². The van der Waals surface area contributed by atoms with Gasteiger partial charge in [0, 0.05) is 24.8 Å². The zero-order valence-corrected chi connectivity index (χ0v) is 25.6. The molecule has 11 heteroatoms. The maximum Gasteiger partial charge on any atom is 0.328 e. The minimum Gasteiger partial charge on any atom is -0.495 e. The molecule has 2 aromatic rings. The normalized spacial score (nSPS) is 17.5. The van der Waals surface area contributed by atoms with E-state index in [0.29, 0.717) is 30.3 Å². The molecule has 4 amide bonds. The third-order valence-electron chi connectivity index (χ3n) is 8.17. The molecule has 1 heterocycles. The van der Waals surface area contributed by atoms with E-state index in [1.807, 2.05) is 31.2 Å². The van der Waals surface area contributed by atoms with Crippen molar-refractivity contribution in [1.82, 2.24) is 15.1 Å².